The number of hydrogen-bond donors (Lipinski definition) is 2. The highest BCUT2D eigenvalue weighted by Gasteiger charge is 2.07. The van der Waals surface area contributed by atoms with Crippen molar-refractivity contribution in [2.45, 2.75) is 20.4 Å². The summed E-state index contributed by atoms with van der Waals surface area (Å²) in [7, 11) is 1.57. The van der Waals surface area contributed by atoms with Crippen LogP contribution in [0.4, 0.5) is 0 Å². The predicted molar refractivity (Wildman–Crippen MR) is 81.5 cm³/mol. The number of halogens is 1. The molecule has 0 aliphatic rings. The Morgan fingerprint density at radius 1 is 1.35 bits per heavy atom. The summed E-state index contributed by atoms with van der Waals surface area (Å²) in [6.45, 7) is 5.90. The summed E-state index contributed by atoms with van der Waals surface area (Å²) >= 11 is 0. The lowest BCUT2D eigenvalue weighted by Crippen LogP contribution is -2.20. The Morgan fingerprint density at radius 3 is 2.60 bits per heavy atom. The average Bonchev–Trinajstić information content (AvgIpc) is 2.36. The Kier molecular flexibility index (Phi) is 8.76. The van der Waals surface area contributed by atoms with E-state index in [0.717, 1.165) is 18.7 Å². The lowest BCUT2D eigenvalue weighted by Gasteiger charge is -2.12. The number of primary amides is 1. The zero-order valence-electron chi connectivity index (χ0n) is 12.1. The molecule has 114 valence electrons. The fraction of sp³-hybridized carbons (Fsp3) is 0.500. The number of hydrogen-bond acceptors (Lipinski definition) is 4. The molecule has 1 rings (SSSR count). The van der Waals surface area contributed by atoms with Gasteiger partial charge in [-0.2, -0.15) is 0 Å². The second-order valence-corrected chi connectivity index (χ2v) is 4.76. The van der Waals surface area contributed by atoms with E-state index in [1.807, 2.05) is 12.1 Å². The molecule has 5 nitrogen and oxygen atoms in total. The Bertz CT molecular complexity index is 425. The lowest BCUT2D eigenvalue weighted by atomic mass is 10.2. The number of carbonyl (C=O) groups excluding carboxylic acids is 1. The van der Waals surface area contributed by atoms with Gasteiger partial charge in [-0.25, -0.2) is 0 Å². The molecule has 0 aliphatic carbocycles. The van der Waals surface area contributed by atoms with Crippen molar-refractivity contribution < 1.29 is 14.3 Å². The molecule has 0 unspecified atom stereocenters. The smallest absolute Gasteiger partial charge is 0.255 e. The first-order valence-electron chi connectivity index (χ1n) is 6.31. The Labute approximate surface area is 126 Å². The zero-order valence-corrected chi connectivity index (χ0v) is 13.0. The first-order chi connectivity index (χ1) is 9.02. The normalized spacial score (nSPS) is 10.0. The van der Waals surface area contributed by atoms with Gasteiger partial charge in [0.25, 0.3) is 5.91 Å². The van der Waals surface area contributed by atoms with Gasteiger partial charge in [-0.05, 0) is 30.2 Å². The minimum atomic E-state index is -0.510. The van der Waals surface area contributed by atoms with Crippen LogP contribution in [0.2, 0.25) is 0 Å². The van der Waals surface area contributed by atoms with Crippen molar-refractivity contribution in [3.8, 4) is 11.5 Å². The van der Waals surface area contributed by atoms with Crippen LogP contribution in [0.3, 0.4) is 0 Å². The molecule has 0 fully saturated rings. The van der Waals surface area contributed by atoms with Crippen LogP contribution in [-0.4, -0.2) is 26.2 Å². The van der Waals surface area contributed by atoms with Crippen molar-refractivity contribution in [1.29, 1.82) is 0 Å². The van der Waals surface area contributed by atoms with E-state index < -0.39 is 5.91 Å². The Hall–Kier alpha value is -1.46. The fourth-order valence-electron chi connectivity index (χ4n) is 1.60. The molecule has 20 heavy (non-hydrogen) atoms. The van der Waals surface area contributed by atoms with Crippen LogP contribution in [0, 0.1) is 5.92 Å². The van der Waals surface area contributed by atoms with Gasteiger partial charge in [0.15, 0.2) is 18.1 Å². The zero-order chi connectivity index (χ0) is 14.3. The quantitative estimate of drug-likeness (QED) is 0.767. The van der Waals surface area contributed by atoms with Gasteiger partial charge in [0.2, 0.25) is 0 Å². The molecular weight excluding hydrogens is 280 g/mol. The first kappa shape index (κ1) is 18.5. The van der Waals surface area contributed by atoms with E-state index in [9.17, 15) is 4.79 Å². The summed E-state index contributed by atoms with van der Waals surface area (Å²) < 4.78 is 10.5. The summed E-state index contributed by atoms with van der Waals surface area (Å²) in [6.07, 6.45) is 0. The highest BCUT2D eigenvalue weighted by atomic mass is 35.5. The summed E-state index contributed by atoms with van der Waals surface area (Å²) in [5.41, 5.74) is 6.14. The minimum absolute atomic E-state index is 0. The van der Waals surface area contributed by atoms with Crippen LogP contribution in [0.1, 0.15) is 19.4 Å². The summed E-state index contributed by atoms with van der Waals surface area (Å²) in [6, 6.07) is 5.62. The van der Waals surface area contributed by atoms with Crippen molar-refractivity contribution in [2.75, 3.05) is 20.3 Å². The highest BCUT2D eigenvalue weighted by Crippen LogP contribution is 2.27. The third kappa shape index (κ3) is 6.63. The molecule has 1 amide bonds. The molecule has 0 aliphatic heterocycles. The van der Waals surface area contributed by atoms with E-state index in [0.29, 0.717) is 17.4 Å². The van der Waals surface area contributed by atoms with Gasteiger partial charge in [0.05, 0.1) is 7.11 Å². The molecule has 3 N–H and O–H groups in total. The van der Waals surface area contributed by atoms with Crippen LogP contribution in [0.5, 0.6) is 11.5 Å². The van der Waals surface area contributed by atoms with Crippen LogP contribution in [-0.2, 0) is 11.3 Å². The molecule has 0 saturated carbocycles. The van der Waals surface area contributed by atoms with Gasteiger partial charge in [0.1, 0.15) is 0 Å². The van der Waals surface area contributed by atoms with Crippen molar-refractivity contribution in [3.63, 3.8) is 0 Å². The fourth-order valence-corrected chi connectivity index (χ4v) is 1.60. The molecular formula is C14H23ClN2O3. The maximum atomic E-state index is 10.7. The van der Waals surface area contributed by atoms with Gasteiger partial charge in [0, 0.05) is 6.54 Å². The number of amides is 1. The van der Waals surface area contributed by atoms with E-state index in [1.54, 1.807) is 13.2 Å². The third-order valence-electron chi connectivity index (χ3n) is 2.48. The molecule has 0 aromatic heterocycles. The van der Waals surface area contributed by atoms with E-state index in [-0.39, 0.29) is 19.0 Å². The van der Waals surface area contributed by atoms with Crippen LogP contribution < -0.4 is 20.5 Å². The van der Waals surface area contributed by atoms with Gasteiger partial charge in [-0.1, -0.05) is 19.9 Å². The molecule has 0 bridgehead atoms. The molecule has 1 aromatic carbocycles. The summed E-state index contributed by atoms with van der Waals surface area (Å²) in [4.78, 5) is 10.7. The van der Waals surface area contributed by atoms with Crippen LogP contribution in [0.25, 0.3) is 0 Å². The van der Waals surface area contributed by atoms with Crippen LogP contribution >= 0.6 is 12.4 Å². The van der Waals surface area contributed by atoms with E-state index >= 15 is 0 Å². The van der Waals surface area contributed by atoms with E-state index in [2.05, 4.69) is 19.2 Å². The number of nitrogens with one attached hydrogen (secondary N) is 1. The standard InChI is InChI=1S/C14H22N2O3.ClH/c1-10(2)7-16-8-11-4-5-12(13(6-11)18-3)19-9-14(15)17;/h4-6,10,16H,7-9H2,1-3H3,(H2,15,17);1H. The first-order valence-corrected chi connectivity index (χ1v) is 6.31. The van der Waals surface area contributed by atoms with Crippen molar-refractivity contribution in [2.24, 2.45) is 11.7 Å². The van der Waals surface area contributed by atoms with E-state index in [1.165, 1.54) is 0 Å². The second-order valence-electron chi connectivity index (χ2n) is 4.76. The summed E-state index contributed by atoms with van der Waals surface area (Å²) in [5, 5.41) is 3.35. The van der Waals surface area contributed by atoms with E-state index in [4.69, 9.17) is 15.2 Å². The number of benzene rings is 1. The average molecular weight is 303 g/mol. The number of rotatable bonds is 8. The topological polar surface area (TPSA) is 73.6 Å². The molecule has 0 radical (unpaired) electrons. The maximum Gasteiger partial charge on any atom is 0.255 e. The second kappa shape index (κ2) is 9.44. The Balaban J connectivity index is 0.00000361. The van der Waals surface area contributed by atoms with Gasteiger partial charge in [-0.15, -0.1) is 12.4 Å². The number of nitrogens with two attached hydrogens (primary N) is 1. The predicted octanol–water partition coefficient (Wildman–Crippen LogP) is 1.73. The number of ether oxygens (including phenoxy) is 2. The van der Waals surface area contributed by atoms with Gasteiger partial charge < -0.3 is 20.5 Å². The number of carbonyl (C=O) groups is 1. The molecule has 1 aromatic rings. The van der Waals surface area contributed by atoms with Crippen molar-refractivity contribution in [1.82, 2.24) is 5.32 Å². The monoisotopic (exact) mass is 302 g/mol. The van der Waals surface area contributed by atoms with Crippen molar-refractivity contribution in [3.05, 3.63) is 23.8 Å². The largest absolute Gasteiger partial charge is 0.493 e. The number of methoxy groups -OCH3 is 1. The molecule has 6 heteroatoms. The summed E-state index contributed by atoms with van der Waals surface area (Å²) in [5.74, 6) is 1.23. The maximum absolute atomic E-state index is 10.7. The Morgan fingerprint density at radius 2 is 2.05 bits per heavy atom. The molecule has 0 atom stereocenters. The van der Waals surface area contributed by atoms with Crippen LogP contribution in [0.15, 0.2) is 18.2 Å². The minimum Gasteiger partial charge on any atom is -0.493 e. The highest BCUT2D eigenvalue weighted by molar-refractivity contribution is 5.85. The van der Waals surface area contributed by atoms with Gasteiger partial charge in [-0.3, -0.25) is 4.79 Å². The van der Waals surface area contributed by atoms with Crippen molar-refractivity contribution >= 4 is 18.3 Å². The molecule has 0 saturated heterocycles. The molecule has 0 heterocycles. The van der Waals surface area contributed by atoms with Gasteiger partial charge >= 0.3 is 0 Å². The SMILES string of the molecule is COc1cc(CNCC(C)C)ccc1OCC(N)=O.Cl. The third-order valence-corrected chi connectivity index (χ3v) is 2.48. The lowest BCUT2D eigenvalue weighted by molar-refractivity contribution is -0.119. The molecule has 0 spiro atoms.